The van der Waals surface area contributed by atoms with Gasteiger partial charge in [0, 0.05) is 12.5 Å². The molecule has 4 rings (SSSR count). The van der Waals surface area contributed by atoms with Crippen LogP contribution in [0.2, 0.25) is 0 Å². The van der Waals surface area contributed by atoms with E-state index in [1.54, 1.807) is 69.2 Å². The fourth-order valence-corrected chi connectivity index (χ4v) is 7.67. The summed E-state index contributed by atoms with van der Waals surface area (Å²) in [5.74, 6) is -0.946. The van der Waals surface area contributed by atoms with Crippen LogP contribution in [0.1, 0.15) is 125 Å². The molecule has 13 nitrogen and oxygen atoms in total. The highest BCUT2D eigenvalue weighted by Crippen LogP contribution is 2.30. The fraction of sp³-hybridized carbons (Fsp3) is 0.471. The molecule has 0 fully saturated rings. The number of nitrogens with two attached hydrogens (primary N) is 1. The molecular formula is C51H69N5O8. The number of nitrogens with one attached hydrogen (secondary N) is 3. The number of benzene rings is 4. The maximum Gasteiger partial charge on any atom is 0.414 e. The number of nitrogens with zero attached hydrogens (tertiary/aromatic N) is 1. The van der Waals surface area contributed by atoms with Crippen LogP contribution < -0.4 is 21.7 Å². The van der Waals surface area contributed by atoms with Crippen LogP contribution in [0.15, 0.2) is 71.7 Å². The smallest absolute Gasteiger partial charge is 0.414 e. The molecule has 0 radical (unpaired) electrons. The average molecular weight is 880 g/mol. The van der Waals surface area contributed by atoms with Crippen LogP contribution in [0.5, 0.6) is 11.5 Å². The highest BCUT2D eigenvalue weighted by Gasteiger charge is 2.37. The van der Waals surface area contributed by atoms with E-state index in [1.165, 1.54) is 0 Å². The number of unbranched alkanes of at least 4 members (excludes halogenated alkanes) is 3. The summed E-state index contributed by atoms with van der Waals surface area (Å²) < 4.78 is 10.7. The summed E-state index contributed by atoms with van der Waals surface area (Å²) in [6.45, 7) is 19.7. The number of rotatable bonds is 16. The normalized spacial score (nSPS) is 13.6. The molecule has 4 aromatic carbocycles. The summed E-state index contributed by atoms with van der Waals surface area (Å²) >= 11 is 0. The predicted octanol–water partition coefficient (Wildman–Crippen LogP) is 9.18. The zero-order chi connectivity index (χ0) is 47.6. The third-order valence-corrected chi connectivity index (χ3v) is 10.9. The Kier molecular flexibility index (Phi) is 17.1. The molecular weight excluding hydrogens is 811 g/mol. The molecule has 7 N–H and O–H groups in total. The Balaban J connectivity index is 1.56. The monoisotopic (exact) mass is 880 g/mol. The Morgan fingerprint density at radius 3 is 1.72 bits per heavy atom. The second-order valence-corrected chi connectivity index (χ2v) is 19.1. The van der Waals surface area contributed by atoms with Crippen LogP contribution in [0.3, 0.4) is 0 Å². The Morgan fingerprint density at radius 2 is 1.19 bits per heavy atom. The van der Waals surface area contributed by atoms with Crippen molar-refractivity contribution in [2.45, 2.75) is 150 Å². The van der Waals surface area contributed by atoms with Gasteiger partial charge in [0.1, 0.15) is 22.7 Å². The number of ether oxygens (including phenoxy) is 2. The molecule has 0 saturated heterocycles. The number of guanidine groups is 1. The molecule has 0 aromatic heterocycles. The minimum absolute atomic E-state index is 0.0997. The van der Waals surface area contributed by atoms with Gasteiger partial charge in [0.15, 0.2) is 5.78 Å². The van der Waals surface area contributed by atoms with Gasteiger partial charge in [0.2, 0.25) is 11.9 Å². The Morgan fingerprint density at radius 1 is 0.688 bits per heavy atom. The van der Waals surface area contributed by atoms with Gasteiger partial charge in [0.05, 0.1) is 11.6 Å². The van der Waals surface area contributed by atoms with Gasteiger partial charge in [0.25, 0.3) is 0 Å². The van der Waals surface area contributed by atoms with E-state index >= 15 is 0 Å². The molecule has 0 aliphatic heterocycles. The third kappa shape index (κ3) is 15.1. The molecule has 64 heavy (non-hydrogen) atoms. The summed E-state index contributed by atoms with van der Waals surface area (Å²) in [5.41, 5.74) is 9.26. The molecule has 0 spiro atoms. The summed E-state index contributed by atoms with van der Waals surface area (Å²) in [5, 5.41) is 31.2. The minimum atomic E-state index is -1.44. The second kappa shape index (κ2) is 21.6. The van der Waals surface area contributed by atoms with E-state index in [0.717, 1.165) is 27.5 Å². The summed E-state index contributed by atoms with van der Waals surface area (Å²) in [6.07, 6.45) is 1.58. The van der Waals surface area contributed by atoms with Crippen molar-refractivity contribution in [3.05, 3.63) is 106 Å². The van der Waals surface area contributed by atoms with E-state index < -0.39 is 46.8 Å². The Labute approximate surface area is 378 Å². The highest BCUT2D eigenvalue weighted by molar-refractivity contribution is 6.01. The molecule has 0 unspecified atom stereocenters. The van der Waals surface area contributed by atoms with Gasteiger partial charge >= 0.3 is 12.2 Å². The largest absolute Gasteiger partial charge is 0.507 e. The van der Waals surface area contributed by atoms with Crippen LogP contribution in [0, 0.1) is 27.7 Å². The Bertz CT molecular complexity index is 2270. The number of carbonyl (C=O) groups is 4. The minimum Gasteiger partial charge on any atom is -0.507 e. The van der Waals surface area contributed by atoms with Crippen molar-refractivity contribution in [2.24, 2.45) is 10.7 Å². The van der Waals surface area contributed by atoms with Crippen molar-refractivity contribution in [3.8, 4) is 11.5 Å². The molecule has 0 heterocycles. The van der Waals surface area contributed by atoms with E-state index in [1.807, 2.05) is 73.7 Å². The number of phenolic OH excluding ortho intramolecular Hbond substituents is 2. The maximum absolute atomic E-state index is 14.7. The maximum atomic E-state index is 14.7. The number of phenols is 2. The van der Waals surface area contributed by atoms with E-state index in [2.05, 4.69) is 20.9 Å². The number of amides is 3. The number of alkyl carbamates (subject to hydrolysis) is 2. The lowest BCUT2D eigenvalue weighted by atomic mass is 9.83. The number of aromatic hydroxyl groups is 2. The number of carbonyl (C=O) groups excluding carboxylic acids is 4. The predicted molar refractivity (Wildman–Crippen MR) is 253 cm³/mol. The molecule has 0 saturated carbocycles. The molecule has 0 aliphatic rings. The lowest BCUT2D eigenvalue weighted by Crippen LogP contribution is -2.59. The van der Waals surface area contributed by atoms with Crippen molar-refractivity contribution >= 4 is 40.6 Å². The van der Waals surface area contributed by atoms with Gasteiger partial charge in [-0.1, -0.05) is 92.9 Å². The summed E-state index contributed by atoms with van der Waals surface area (Å²) in [4.78, 5) is 58.8. The second-order valence-electron chi connectivity index (χ2n) is 19.1. The van der Waals surface area contributed by atoms with Crippen LogP contribution in [-0.4, -0.2) is 69.4 Å². The zero-order valence-electron chi connectivity index (χ0n) is 39.5. The topological polar surface area (TPSA) is 202 Å². The van der Waals surface area contributed by atoms with Gasteiger partial charge in [-0.25, -0.2) is 9.59 Å². The van der Waals surface area contributed by atoms with E-state index in [4.69, 9.17) is 15.2 Å². The van der Waals surface area contributed by atoms with Gasteiger partial charge in [-0.3, -0.25) is 25.2 Å². The number of aliphatic imine (C=N–C) groups is 1. The first-order valence-corrected chi connectivity index (χ1v) is 22.1. The van der Waals surface area contributed by atoms with Gasteiger partial charge in [-0.15, -0.1) is 0 Å². The fourth-order valence-electron chi connectivity index (χ4n) is 7.67. The SMILES string of the molecule is Cc1cc(C[C@H](NC(=O)[C@](N)(CCCCCCN=C(NC(=O)OC(C)(C)C)NC(=O)OC(C)(C)C)Cc2cc(C)c(O)c(C)c2)C(=O)[C@H](C)c2ccc3ccccc3c2)cc(C)c1O. The number of hydrogen-bond donors (Lipinski definition) is 6. The van der Waals surface area contributed by atoms with Crippen LogP contribution in [-0.2, 0) is 31.9 Å². The van der Waals surface area contributed by atoms with Crippen molar-refractivity contribution < 1.29 is 38.9 Å². The number of Topliss-reactive ketones (excluding diaryl/α,β-unsaturated/α-hetero) is 1. The number of ketones is 1. The van der Waals surface area contributed by atoms with Crippen LogP contribution in [0.25, 0.3) is 10.8 Å². The molecule has 0 bridgehead atoms. The average Bonchev–Trinajstić information content (AvgIpc) is 3.18. The van der Waals surface area contributed by atoms with E-state index in [9.17, 15) is 29.4 Å². The molecule has 3 atom stereocenters. The first-order valence-electron chi connectivity index (χ1n) is 22.1. The molecule has 13 heteroatoms. The van der Waals surface area contributed by atoms with E-state index in [0.29, 0.717) is 47.9 Å². The molecule has 3 amide bonds. The lowest BCUT2D eigenvalue weighted by Gasteiger charge is -2.32. The zero-order valence-corrected chi connectivity index (χ0v) is 39.5. The molecule has 346 valence electrons. The highest BCUT2D eigenvalue weighted by atomic mass is 16.6. The number of hydrogen-bond acceptors (Lipinski definition) is 10. The van der Waals surface area contributed by atoms with Gasteiger partial charge < -0.3 is 30.7 Å². The summed E-state index contributed by atoms with van der Waals surface area (Å²) in [7, 11) is 0. The molecule has 0 aliphatic carbocycles. The van der Waals surface area contributed by atoms with Crippen LogP contribution >= 0.6 is 0 Å². The van der Waals surface area contributed by atoms with Crippen molar-refractivity contribution in [1.82, 2.24) is 16.0 Å². The first kappa shape index (κ1) is 50.7. The first-order chi connectivity index (χ1) is 29.8. The van der Waals surface area contributed by atoms with Crippen molar-refractivity contribution in [3.63, 3.8) is 0 Å². The lowest BCUT2D eigenvalue weighted by molar-refractivity contribution is -0.131. The number of aryl methyl sites for hydroxylation is 4. The number of fused-ring (bicyclic) bond motifs is 1. The van der Waals surface area contributed by atoms with Crippen molar-refractivity contribution in [1.29, 1.82) is 0 Å². The molecule has 4 aromatic rings. The Hall–Kier alpha value is -5.95. The van der Waals surface area contributed by atoms with Gasteiger partial charge in [-0.05, 0) is 145 Å². The van der Waals surface area contributed by atoms with Gasteiger partial charge in [-0.2, -0.15) is 0 Å². The third-order valence-electron chi connectivity index (χ3n) is 10.9. The standard InChI is InChI=1S/C51H69N5O8/c1-31-24-36(25-32(2)42(31)57)28-41(44(59)35(5)39-21-20-38-18-14-15-19-40(38)29-39)54-45(60)51(52,30-37-26-33(3)43(58)34(4)27-37)22-16-12-13-17-23-53-46(55-47(61)63-49(6,7)8)56-48(62)64-50(9,10)11/h14-15,18-21,24-27,29,35,41,57-58H,12-13,16-17,22-23,28,30,52H2,1-11H3,(H,54,60)(H2,53,55,56,61,62)/t35-,41+,51+/m1/s1. The quantitative estimate of drug-likeness (QED) is 0.0361. The van der Waals surface area contributed by atoms with E-state index in [-0.39, 0.29) is 49.0 Å². The summed E-state index contributed by atoms with van der Waals surface area (Å²) in [6, 6.07) is 20.3. The van der Waals surface area contributed by atoms with Crippen molar-refractivity contribution in [2.75, 3.05) is 6.54 Å². The van der Waals surface area contributed by atoms with Crippen LogP contribution in [0.4, 0.5) is 9.59 Å².